The third-order valence-corrected chi connectivity index (χ3v) is 5.57. The molecule has 2 unspecified atom stereocenters. The van der Waals surface area contributed by atoms with Gasteiger partial charge in [0.15, 0.2) is 0 Å². The molecule has 0 amide bonds. The van der Waals surface area contributed by atoms with E-state index in [4.69, 9.17) is 5.11 Å². The first-order valence-electron chi connectivity index (χ1n) is 7.56. The summed E-state index contributed by atoms with van der Waals surface area (Å²) in [6, 6.07) is 7.26. The summed E-state index contributed by atoms with van der Waals surface area (Å²) in [6.45, 7) is 0. The van der Waals surface area contributed by atoms with Crippen LogP contribution in [0.5, 0.6) is 0 Å². The van der Waals surface area contributed by atoms with E-state index in [1.807, 2.05) is 12.1 Å². The lowest BCUT2D eigenvalue weighted by Crippen LogP contribution is -2.52. The summed E-state index contributed by atoms with van der Waals surface area (Å²) in [6.07, 6.45) is 6.29. The van der Waals surface area contributed by atoms with E-state index in [-0.39, 0.29) is 0 Å². The van der Waals surface area contributed by atoms with Crippen LogP contribution in [-0.4, -0.2) is 41.1 Å². The summed E-state index contributed by atoms with van der Waals surface area (Å²) < 4.78 is 0.633. The van der Waals surface area contributed by atoms with Crippen molar-refractivity contribution in [2.24, 2.45) is 0 Å². The summed E-state index contributed by atoms with van der Waals surface area (Å²) >= 11 is 3.34. The Morgan fingerprint density at radius 2 is 2.00 bits per heavy atom. The number of nitrogens with one attached hydrogen (secondary N) is 1. The molecule has 0 radical (unpaired) electrons. The van der Waals surface area contributed by atoms with Gasteiger partial charge in [-0.25, -0.2) is 4.79 Å². The molecule has 2 bridgehead atoms. The molecule has 2 aliphatic heterocycles. The van der Waals surface area contributed by atoms with Crippen LogP contribution in [0.15, 0.2) is 22.7 Å². The van der Waals surface area contributed by atoms with E-state index in [1.54, 1.807) is 6.07 Å². The molecule has 1 aromatic carbocycles. The Labute approximate surface area is 133 Å². The van der Waals surface area contributed by atoms with Crippen LogP contribution in [0.25, 0.3) is 0 Å². The van der Waals surface area contributed by atoms with E-state index in [0.717, 1.165) is 5.69 Å². The molecule has 114 valence electrons. The zero-order chi connectivity index (χ0) is 15.0. The van der Waals surface area contributed by atoms with Crippen molar-refractivity contribution >= 4 is 27.6 Å². The van der Waals surface area contributed by atoms with Gasteiger partial charge < -0.3 is 15.3 Å². The topological polar surface area (TPSA) is 52.6 Å². The van der Waals surface area contributed by atoms with Gasteiger partial charge in [-0.1, -0.05) is 6.42 Å². The number of piperidine rings is 2. The molecule has 0 saturated carbocycles. The lowest BCUT2D eigenvalue weighted by molar-refractivity contribution is 0.0608. The molecule has 0 spiro atoms. The van der Waals surface area contributed by atoms with E-state index >= 15 is 0 Å². The molecule has 1 aromatic rings. The maximum absolute atomic E-state index is 11.0. The number of carboxylic acid groups (broad SMARTS) is 1. The van der Waals surface area contributed by atoms with E-state index in [0.29, 0.717) is 28.2 Å². The van der Waals surface area contributed by atoms with Crippen molar-refractivity contribution in [1.82, 2.24) is 4.90 Å². The number of hydrogen-bond donors (Lipinski definition) is 2. The number of halogens is 1. The number of benzene rings is 1. The van der Waals surface area contributed by atoms with Crippen LogP contribution in [0, 0.1) is 0 Å². The van der Waals surface area contributed by atoms with Crippen molar-refractivity contribution in [2.45, 2.75) is 50.2 Å². The zero-order valence-corrected chi connectivity index (χ0v) is 13.8. The van der Waals surface area contributed by atoms with Gasteiger partial charge in [-0.15, -0.1) is 0 Å². The van der Waals surface area contributed by atoms with Crippen LogP contribution in [0.1, 0.15) is 42.5 Å². The van der Waals surface area contributed by atoms with Crippen molar-refractivity contribution in [3.05, 3.63) is 28.2 Å². The highest BCUT2D eigenvalue weighted by atomic mass is 79.9. The van der Waals surface area contributed by atoms with Crippen LogP contribution in [0.3, 0.4) is 0 Å². The first kappa shape index (κ1) is 14.9. The third kappa shape index (κ3) is 3.09. The van der Waals surface area contributed by atoms with Gasteiger partial charge in [0.25, 0.3) is 0 Å². The monoisotopic (exact) mass is 352 g/mol. The van der Waals surface area contributed by atoms with Crippen molar-refractivity contribution in [2.75, 3.05) is 12.4 Å². The highest BCUT2D eigenvalue weighted by Crippen LogP contribution is 2.34. The second-order valence-corrected chi connectivity index (χ2v) is 7.07. The molecule has 0 aliphatic carbocycles. The molecule has 0 aromatic heterocycles. The van der Waals surface area contributed by atoms with Gasteiger partial charge in [0.1, 0.15) is 0 Å². The normalized spacial score (nSPS) is 29.1. The Hall–Kier alpha value is -1.07. The SMILES string of the molecule is CN1C2CCCC1CC(Nc1ccc(C(=O)O)c(Br)c1)C2. The lowest BCUT2D eigenvalue weighted by atomic mass is 9.82. The van der Waals surface area contributed by atoms with Gasteiger partial charge >= 0.3 is 5.97 Å². The number of aromatic carboxylic acids is 1. The molecule has 2 atom stereocenters. The second kappa shape index (κ2) is 5.97. The van der Waals surface area contributed by atoms with Gasteiger partial charge in [-0.2, -0.15) is 0 Å². The van der Waals surface area contributed by atoms with E-state index in [1.165, 1.54) is 32.1 Å². The minimum atomic E-state index is -0.901. The van der Waals surface area contributed by atoms with Gasteiger partial charge in [0.05, 0.1) is 5.56 Å². The minimum absolute atomic E-state index is 0.306. The van der Waals surface area contributed by atoms with Crippen LogP contribution < -0.4 is 5.32 Å². The maximum Gasteiger partial charge on any atom is 0.336 e. The standard InChI is InChI=1S/C16H21BrN2O2/c1-19-12-3-2-4-13(19)8-11(7-12)18-10-5-6-14(16(20)21)15(17)9-10/h5-6,9,11-13,18H,2-4,7-8H2,1H3,(H,20,21). The Balaban J connectivity index is 1.70. The quantitative estimate of drug-likeness (QED) is 0.872. The van der Waals surface area contributed by atoms with E-state index < -0.39 is 5.97 Å². The third-order valence-electron chi connectivity index (χ3n) is 4.91. The van der Waals surface area contributed by atoms with Crippen LogP contribution in [0.4, 0.5) is 5.69 Å². The molecule has 3 rings (SSSR count). The highest BCUT2D eigenvalue weighted by Gasteiger charge is 2.35. The molecule has 4 nitrogen and oxygen atoms in total. The average molecular weight is 353 g/mol. The number of hydrogen-bond acceptors (Lipinski definition) is 3. The van der Waals surface area contributed by atoms with Gasteiger partial charge in [0, 0.05) is 28.3 Å². The first-order valence-corrected chi connectivity index (χ1v) is 8.35. The minimum Gasteiger partial charge on any atom is -0.478 e. The van der Waals surface area contributed by atoms with Crippen molar-refractivity contribution < 1.29 is 9.90 Å². The fourth-order valence-corrected chi connectivity index (χ4v) is 4.30. The Morgan fingerprint density at radius 1 is 1.33 bits per heavy atom. The van der Waals surface area contributed by atoms with Crippen molar-refractivity contribution in [1.29, 1.82) is 0 Å². The zero-order valence-electron chi connectivity index (χ0n) is 12.2. The molecular weight excluding hydrogens is 332 g/mol. The molecule has 2 saturated heterocycles. The number of nitrogens with zero attached hydrogens (tertiary/aromatic N) is 1. The maximum atomic E-state index is 11.0. The Kier molecular flexibility index (Phi) is 4.22. The fraction of sp³-hybridized carbons (Fsp3) is 0.562. The second-order valence-electron chi connectivity index (χ2n) is 6.22. The lowest BCUT2D eigenvalue weighted by Gasteiger charge is -2.47. The number of carbonyl (C=O) groups is 1. The van der Waals surface area contributed by atoms with Crippen LogP contribution >= 0.6 is 15.9 Å². The summed E-state index contributed by atoms with van der Waals surface area (Å²) in [5.74, 6) is -0.901. The van der Waals surface area contributed by atoms with E-state index in [9.17, 15) is 4.79 Å². The number of carboxylic acids is 1. The summed E-state index contributed by atoms with van der Waals surface area (Å²) in [5, 5.41) is 12.6. The number of fused-ring (bicyclic) bond motifs is 2. The number of rotatable bonds is 3. The molecular formula is C16H21BrN2O2. The molecule has 2 fully saturated rings. The molecule has 2 aliphatic rings. The Bertz CT molecular complexity index is 535. The van der Waals surface area contributed by atoms with Gasteiger partial charge in [-0.3, -0.25) is 0 Å². The summed E-state index contributed by atoms with van der Waals surface area (Å²) in [4.78, 5) is 13.6. The van der Waals surface area contributed by atoms with Crippen LogP contribution in [0.2, 0.25) is 0 Å². The average Bonchev–Trinajstić information content (AvgIpc) is 2.39. The smallest absolute Gasteiger partial charge is 0.336 e. The Morgan fingerprint density at radius 3 is 2.57 bits per heavy atom. The van der Waals surface area contributed by atoms with Gasteiger partial charge in [0.2, 0.25) is 0 Å². The predicted molar refractivity (Wildman–Crippen MR) is 86.9 cm³/mol. The molecule has 21 heavy (non-hydrogen) atoms. The highest BCUT2D eigenvalue weighted by molar-refractivity contribution is 9.10. The van der Waals surface area contributed by atoms with Crippen LogP contribution in [-0.2, 0) is 0 Å². The van der Waals surface area contributed by atoms with Crippen molar-refractivity contribution in [3.8, 4) is 0 Å². The molecule has 5 heteroatoms. The summed E-state index contributed by atoms with van der Waals surface area (Å²) in [5.41, 5.74) is 1.31. The van der Waals surface area contributed by atoms with Gasteiger partial charge in [-0.05, 0) is 66.9 Å². The van der Waals surface area contributed by atoms with Crippen molar-refractivity contribution in [3.63, 3.8) is 0 Å². The van der Waals surface area contributed by atoms with E-state index in [2.05, 4.69) is 33.2 Å². The number of anilines is 1. The predicted octanol–water partition coefficient (Wildman–Crippen LogP) is 3.57. The first-order chi connectivity index (χ1) is 10.0. The molecule has 2 N–H and O–H groups in total. The molecule has 2 heterocycles. The summed E-state index contributed by atoms with van der Waals surface area (Å²) in [7, 11) is 2.25. The largest absolute Gasteiger partial charge is 0.478 e. The fourth-order valence-electron chi connectivity index (χ4n) is 3.75.